The second-order valence-corrected chi connectivity index (χ2v) is 5.97. The lowest BCUT2D eigenvalue weighted by Crippen LogP contribution is -2.54. The summed E-state index contributed by atoms with van der Waals surface area (Å²) in [4.78, 5) is 24.2. The number of benzene rings is 1. The summed E-state index contributed by atoms with van der Waals surface area (Å²) in [5.74, 6) is -1.85. The number of rotatable bonds is 2. The number of hydrogen-bond acceptors (Lipinski definition) is 3. The summed E-state index contributed by atoms with van der Waals surface area (Å²) in [7, 11) is 0. The minimum Gasteiger partial charge on any atom is -0.493 e. The SMILES string of the molecule is O=C(NC1CCOc2ccccc21)C1CCC(C(F)(F)F)NC1=O. The Balaban J connectivity index is 1.65. The van der Waals surface area contributed by atoms with Crippen LogP contribution in [0.15, 0.2) is 24.3 Å². The highest BCUT2D eigenvalue weighted by Crippen LogP contribution is 2.33. The highest BCUT2D eigenvalue weighted by atomic mass is 19.4. The number of piperidine rings is 1. The summed E-state index contributed by atoms with van der Waals surface area (Å²) in [6, 6.07) is 5.05. The van der Waals surface area contributed by atoms with E-state index in [0.717, 1.165) is 5.56 Å². The third-order valence-electron chi connectivity index (χ3n) is 4.36. The average molecular weight is 342 g/mol. The lowest BCUT2D eigenvalue weighted by molar-refractivity contribution is -0.171. The van der Waals surface area contributed by atoms with Crippen molar-refractivity contribution in [3.8, 4) is 5.75 Å². The molecule has 130 valence electrons. The van der Waals surface area contributed by atoms with Gasteiger partial charge in [0.2, 0.25) is 11.8 Å². The van der Waals surface area contributed by atoms with Gasteiger partial charge in [-0.2, -0.15) is 13.2 Å². The standard InChI is InChI=1S/C16H17F3N2O3/c17-16(18,19)13-6-5-10(15(23)21-13)14(22)20-11-7-8-24-12-4-2-1-3-9(11)12/h1-4,10-11,13H,5-8H2,(H,20,22)(H,21,23). The number of ether oxygens (including phenoxy) is 1. The maximum atomic E-state index is 12.7. The zero-order valence-corrected chi connectivity index (χ0v) is 12.7. The van der Waals surface area contributed by atoms with Gasteiger partial charge in [0.05, 0.1) is 12.6 Å². The first kappa shape index (κ1) is 16.6. The van der Waals surface area contributed by atoms with Crippen molar-refractivity contribution in [3.63, 3.8) is 0 Å². The van der Waals surface area contributed by atoms with Gasteiger partial charge in [-0.25, -0.2) is 0 Å². The third-order valence-corrected chi connectivity index (χ3v) is 4.36. The molecule has 0 saturated carbocycles. The number of carbonyl (C=O) groups excluding carboxylic acids is 2. The fourth-order valence-electron chi connectivity index (χ4n) is 3.07. The molecule has 1 fully saturated rings. The van der Waals surface area contributed by atoms with Gasteiger partial charge < -0.3 is 15.4 Å². The van der Waals surface area contributed by atoms with Gasteiger partial charge in [0.15, 0.2) is 0 Å². The molecular formula is C16H17F3N2O3. The zero-order chi connectivity index (χ0) is 17.3. The molecule has 0 aliphatic carbocycles. The number of carbonyl (C=O) groups is 2. The summed E-state index contributed by atoms with van der Waals surface area (Å²) in [6.07, 6.45) is -4.36. The first-order chi connectivity index (χ1) is 11.4. The summed E-state index contributed by atoms with van der Waals surface area (Å²) in [5.41, 5.74) is 0.807. The highest BCUT2D eigenvalue weighted by molar-refractivity contribution is 6.01. The van der Waals surface area contributed by atoms with Crippen LogP contribution in [-0.2, 0) is 9.59 Å². The van der Waals surface area contributed by atoms with Crippen molar-refractivity contribution in [2.75, 3.05) is 6.61 Å². The van der Waals surface area contributed by atoms with Gasteiger partial charge in [-0.1, -0.05) is 18.2 Å². The van der Waals surface area contributed by atoms with Crippen LogP contribution in [0.25, 0.3) is 0 Å². The molecule has 1 saturated heterocycles. The molecule has 24 heavy (non-hydrogen) atoms. The Bertz CT molecular complexity index is 648. The molecule has 3 atom stereocenters. The Morgan fingerprint density at radius 2 is 1.96 bits per heavy atom. The lowest BCUT2D eigenvalue weighted by atomic mass is 9.91. The van der Waals surface area contributed by atoms with E-state index in [4.69, 9.17) is 4.74 Å². The van der Waals surface area contributed by atoms with Crippen LogP contribution in [0.1, 0.15) is 30.9 Å². The van der Waals surface area contributed by atoms with Crippen LogP contribution < -0.4 is 15.4 Å². The van der Waals surface area contributed by atoms with E-state index in [0.29, 0.717) is 18.8 Å². The van der Waals surface area contributed by atoms with E-state index in [1.165, 1.54) is 0 Å². The molecule has 5 nitrogen and oxygen atoms in total. The minimum atomic E-state index is -4.49. The summed E-state index contributed by atoms with van der Waals surface area (Å²) in [6.45, 7) is 0.426. The summed E-state index contributed by atoms with van der Waals surface area (Å²) >= 11 is 0. The molecule has 0 radical (unpaired) electrons. The Hall–Kier alpha value is -2.25. The second-order valence-electron chi connectivity index (χ2n) is 5.97. The largest absolute Gasteiger partial charge is 0.493 e. The molecule has 8 heteroatoms. The van der Waals surface area contributed by atoms with Crippen molar-refractivity contribution in [1.82, 2.24) is 10.6 Å². The lowest BCUT2D eigenvalue weighted by Gasteiger charge is -2.32. The normalized spacial score (nSPS) is 26.8. The number of para-hydroxylation sites is 1. The second kappa shape index (κ2) is 6.33. The number of hydrogen-bond donors (Lipinski definition) is 2. The number of nitrogens with one attached hydrogen (secondary N) is 2. The molecule has 1 aromatic carbocycles. The molecule has 2 aliphatic rings. The number of alkyl halides is 3. The quantitative estimate of drug-likeness (QED) is 0.809. The van der Waals surface area contributed by atoms with E-state index in [1.807, 2.05) is 23.5 Å². The predicted octanol–water partition coefficient (Wildman–Crippen LogP) is 2.08. The number of amides is 2. The predicted molar refractivity (Wildman–Crippen MR) is 78.1 cm³/mol. The van der Waals surface area contributed by atoms with Crippen LogP contribution in [0.5, 0.6) is 5.75 Å². The van der Waals surface area contributed by atoms with E-state index >= 15 is 0 Å². The van der Waals surface area contributed by atoms with Gasteiger partial charge in [-0.15, -0.1) is 0 Å². The monoisotopic (exact) mass is 342 g/mol. The smallest absolute Gasteiger partial charge is 0.408 e. The van der Waals surface area contributed by atoms with Gasteiger partial charge in [0.25, 0.3) is 0 Å². The third kappa shape index (κ3) is 3.32. The van der Waals surface area contributed by atoms with Crippen molar-refractivity contribution in [2.24, 2.45) is 5.92 Å². The van der Waals surface area contributed by atoms with Gasteiger partial charge in [0, 0.05) is 12.0 Å². The highest BCUT2D eigenvalue weighted by Gasteiger charge is 2.46. The Morgan fingerprint density at radius 1 is 1.21 bits per heavy atom. The van der Waals surface area contributed by atoms with Crippen LogP contribution in [-0.4, -0.2) is 30.6 Å². The van der Waals surface area contributed by atoms with E-state index in [9.17, 15) is 22.8 Å². The Labute approximate surface area is 136 Å². The van der Waals surface area contributed by atoms with E-state index in [1.54, 1.807) is 6.07 Å². The molecule has 3 unspecified atom stereocenters. The maximum Gasteiger partial charge on any atom is 0.408 e. The van der Waals surface area contributed by atoms with Crippen molar-refractivity contribution < 1.29 is 27.5 Å². The van der Waals surface area contributed by atoms with E-state index < -0.39 is 30.0 Å². The number of fused-ring (bicyclic) bond motifs is 1. The Morgan fingerprint density at radius 3 is 2.67 bits per heavy atom. The van der Waals surface area contributed by atoms with Gasteiger partial charge in [-0.05, 0) is 18.9 Å². The first-order valence-electron chi connectivity index (χ1n) is 7.75. The zero-order valence-electron chi connectivity index (χ0n) is 12.7. The molecule has 2 heterocycles. The maximum absolute atomic E-state index is 12.7. The van der Waals surface area contributed by atoms with Crippen LogP contribution in [0, 0.1) is 5.92 Å². The molecule has 0 bridgehead atoms. The molecule has 0 aromatic heterocycles. The van der Waals surface area contributed by atoms with Crippen LogP contribution in [0.2, 0.25) is 0 Å². The van der Waals surface area contributed by atoms with Crippen molar-refractivity contribution >= 4 is 11.8 Å². The molecular weight excluding hydrogens is 325 g/mol. The van der Waals surface area contributed by atoms with Crippen LogP contribution in [0.3, 0.4) is 0 Å². The van der Waals surface area contributed by atoms with Crippen molar-refractivity contribution in [2.45, 2.75) is 37.5 Å². The van der Waals surface area contributed by atoms with Crippen molar-refractivity contribution in [3.05, 3.63) is 29.8 Å². The molecule has 3 rings (SSSR count). The average Bonchev–Trinajstić information content (AvgIpc) is 2.54. The summed E-state index contributed by atoms with van der Waals surface area (Å²) in [5, 5.41) is 4.66. The molecule has 0 spiro atoms. The van der Waals surface area contributed by atoms with E-state index in [-0.39, 0.29) is 18.9 Å². The summed E-state index contributed by atoms with van der Waals surface area (Å²) < 4.78 is 43.5. The van der Waals surface area contributed by atoms with Crippen LogP contribution >= 0.6 is 0 Å². The molecule has 2 aliphatic heterocycles. The van der Waals surface area contributed by atoms with Gasteiger partial charge in [-0.3, -0.25) is 9.59 Å². The number of halogens is 3. The minimum absolute atomic E-state index is 0.118. The Kier molecular flexibility index (Phi) is 4.38. The topological polar surface area (TPSA) is 67.4 Å². The van der Waals surface area contributed by atoms with Gasteiger partial charge in [0.1, 0.15) is 17.7 Å². The molecule has 1 aromatic rings. The molecule has 2 N–H and O–H groups in total. The first-order valence-corrected chi connectivity index (χ1v) is 7.75. The molecule has 2 amide bonds. The van der Waals surface area contributed by atoms with Crippen molar-refractivity contribution in [1.29, 1.82) is 0 Å². The fraction of sp³-hybridized carbons (Fsp3) is 0.500. The fourth-order valence-corrected chi connectivity index (χ4v) is 3.07. The van der Waals surface area contributed by atoms with E-state index in [2.05, 4.69) is 5.32 Å². The van der Waals surface area contributed by atoms with Crippen LogP contribution in [0.4, 0.5) is 13.2 Å². The van der Waals surface area contributed by atoms with Gasteiger partial charge >= 0.3 is 6.18 Å².